The maximum atomic E-state index is 5.75. The van der Waals surface area contributed by atoms with Crippen LogP contribution in [-0.2, 0) is 0 Å². The summed E-state index contributed by atoms with van der Waals surface area (Å²) in [6.45, 7) is 4.15. The molecule has 0 spiro atoms. The highest BCUT2D eigenvalue weighted by Crippen LogP contribution is 2.25. The van der Waals surface area contributed by atoms with E-state index in [1.807, 2.05) is 18.2 Å². The number of hydrogen-bond acceptors (Lipinski definition) is 7. The third-order valence-electron chi connectivity index (χ3n) is 2.97. The third kappa shape index (κ3) is 5.71. The van der Waals surface area contributed by atoms with Crippen LogP contribution in [-0.4, -0.2) is 42.1 Å². The summed E-state index contributed by atoms with van der Waals surface area (Å²) in [5.74, 6) is 1.18. The molecule has 0 aliphatic heterocycles. The summed E-state index contributed by atoms with van der Waals surface area (Å²) in [6, 6.07) is 8.94. The first kappa shape index (κ1) is 19.1. The van der Waals surface area contributed by atoms with E-state index < -0.39 is 0 Å². The van der Waals surface area contributed by atoms with Crippen LogP contribution in [0.15, 0.2) is 48.1 Å². The number of benzene rings is 1. The van der Waals surface area contributed by atoms with Crippen molar-refractivity contribution >= 4 is 23.5 Å². The number of aromatic nitrogens is 2. The zero-order valence-corrected chi connectivity index (χ0v) is 15.2. The monoisotopic (exact) mass is 373 g/mol. The van der Waals surface area contributed by atoms with E-state index in [2.05, 4.69) is 32.4 Å². The molecule has 0 unspecified atom stereocenters. The van der Waals surface area contributed by atoms with E-state index in [1.165, 1.54) is 14.2 Å². The van der Waals surface area contributed by atoms with Crippen molar-refractivity contribution in [1.29, 1.82) is 0 Å². The van der Waals surface area contributed by atoms with Crippen molar-refractivity contribution in [2.75, 3.05) is 20.8 Å². The van der Waals surface area contributed by atoms with Gasteiger partial charge in [-0.2, -0.15) is 15.1 Å². The number of hydrazone groups is 1. The summed E-state index contributed by atoms with van der Waals surface area (Å²) in [7, 11) is 3.00. The molecule has 8 nitrogen and oxygen atoms in total. The van der Waals surface area contributed by atoms with Gasteiger partial charge in [0.2, 0.25) is 11.8 Å². The lowest BCUT2D eigenvalue weighted by Crippen LogP contribution is -2.31. The van der Waals surface area contributed by atoms with E-state index in [1.54, 1.807) is 24.4 Å². The first-order valence-corrected chi connectivity index (χ1v) is 7.99. The van der Waals surface area contributed by atoms with Crippen LogP contribution in [0.5, 0.6) is 23.5 Å². The quantitative estimate of drug-likeness (QED) is 0.315. The van der Waals surface area contributed by atoms with Gasteiger partial charge in [-0.15, -0.1) is 6.58 Å². The number of para-hydroxylation sites is 1. The van der Waals surface area contributed by atoms with Gasteiger partial charge < -0.3 is 19.5 Å². The number of thiocarbonyl (C=S) groups is 1. The summed E-state index contributed by atoms with van der Waals surface area (Å²) in [5, 5.41) is 7.38. The molecule has 0 atom stereocenters. The smallest absolute Gasteiger partial charge is 0.328 e. The molecular weight excluding hydrogens is 354 g/mol. The minimum atomic E-state index is 0.0955. The minimum absolute atomic E-state index is 0.0955. The van der Waals surface area contributed by atoms with Gasteiger partial charge in [0, 0.05) is 12.1 Å². The van der Waals surface area contributed by atoms with E-state index in [4.69, 9.17) is 26.4 Å². The Morgan fingerprint density at radius 1 is 1.23 bits per heavy atom. The van der Waals surface area contributed by atoms with Crippen LogP contribution >= 0.6 is 12.2 Å². The number of rotatable bonds is 8. The molecule has 1 heterocycles. The van der Waals surface area contributed by atoms with Crippen molar-refractivity contribution in [3.63, 3.8) is 0 Å². The Labute approximate surface area is 156 Å². The van der Waals surface area contributed by atoms with Crippen molar-refractivity contribution in [3.05, 3.63) is 48.6 Å². The topological polar surface area (TPSA) is 89.9 Å². The molecule has 2 rings (SSSR count). The summed E-state index contributed by atoms with van der Waals surface area (Å²) in [4.78, 5) is 8.29. The fourth-order valence-corrected chi connectivity index (χ4v) is 1.92. The Hall–Kier alpha value is -3.20. The second kappa shape index (κ2) is 9.94. The molecule has 0 aliphatic carbocycles. The summed E-state index contributed by atoms with van der Waals surface area (Å²) < 4.78 is 16.0. The molecule has 1 aromatic carbocycles. The number of nitrogens with zero attached hydrogens (tertiary/aromatic N) is 3. The van der Waals surface area contributed by atoms with Crippen molar-refractivity contribution in [2.45, 2.75) is 0 Å². The van der Waals surface area contributed by atoms with Gasteiger partial charge in [0.15, 0.2) is 5.11 Å². The maximum absolute atomic E-state index is 5.75. The largest absolute Gasteiger partial charge is 0.481 e. The van der Waals surface area contributed by atoms with E-state index in [-0.39, 0.29) is 6.01 Å². The predicted octanol–water partition coefficient (Wildman–Crippen LogP) is 2.27. The zero-order valence-electron chi connectivity index (χ0n) is 14.4. The molecule has 9 heteroatoms. The van der Waals surface area contributed by atoms with Crippen LogP contribution in [0.3, 0.4) is 0 Å². The van der Waals surface area contributed by atoms with Gasteiger partial charge in [0.25, 0.3) is 0 Å². The minimum Gasteiger partial charge on any atom is -0.481 e. The average molecular weight is 373 g/mol. The predicted molar refractivity (Wildman–Crippen MR) is 103 cm³/mol. The van der Waals surface area contributed by atoms with E-state index in [9.17, 15) is 0 Å². The van der Waals surface area contributed by atoms with Crippen LogP contribution in [0, 0.1) is 0 Å². The van der Waals surface area contributed by atoms with Gasteiger partial charge in [0.05, 0.1) is 26.5 Å². The molecule has 0 saturated heterocycles. The van der Waals surface area contributed by atoms with Gasteiger partial charge in [-0.05, 0) is 24.4 Å². The summed E-state index contributed by atoms with van der Waals surface area (Å²) >= 11 is 5.07. The highest BCUT2D eigenvalue weighted by atomic mass is 32.1. The fraction of sp³-hybridized carbons (Fsp3) is 0.176. The van der Waals surface area contributed by atoms with E-state index in [0.29, 0.717) is 34.7 Å². The Kier molecular flexibility index (Phi) is 7.31. The molecule has 136 valence electrons. The highest BCUT2D eigenvalue weighted by molar-refractivity contribution is 7.80. The molecule has 0 fully saturated rings. The molecule has 2 N–H and O–H groups in total. The molecule has 2 aromatic rings. The second-order valence-corrected chi connectivity index (χ2v) is 5.15. The standard InChI is InChI=1S/C17H19N5O3S/c1-4-9-18-17(26)22-19-11-12-7-5-6-8-13(12)25-16-20-14(23-2)10-15(21-16)24-3/h4-8,10-11H,1,9H2,2-3H3,(H2,18,22,26)/b19-11+. The van der Waals surface area contributed by atoms with Gasteiger partial charge >= 0.3 is 6.01 Å². The lowest BCUT2D eigenvalue weighted by Gasteiger charge is -2.09. The molecule has 0 amide bonds. The van der Waals surface area contributed by atoms with Crippen molar-refractivity contribution < 1.29 is 14.2 Å². The Bertz CT molecular complexity index is 775. The summed E-state index contributed by atoms with van der Waals surface area (Å²) in [6.07, 6.45) is 3.28. The lowest BCUT2D eigenvalue weighted by atomic mass is 10.2. The van der Waals surface area contributed by atoms with Gasteiger partial charge in [0.1, 0.15) is 5.75 Å². The lowest BCUT2D eigenvalue weighted by molar-refractivity contribution is 0.348. The zero-order chi connectivity index (χ0) is 18.8. The fourth-order valence-electron chi connectivity index (χ4n) is 1.78. The molecule has 1 aromatic heterocycles. The normalized spacial score (nSPS) is 10.2. The number of nitrogens with one attached hydrogen (secondary N) is 2. The first-order chi connectivity index (χ1) is 12.7. The van der Waals surface area contributed by atoms with Gasteiger partial charge in [-0.25, -0.2) is 0 Å². The molecule has 0 aliphatic rings. The molecule has 0 bridgehead atoms. The van der Waals surface area contributed by atoms with Crippen LogP contribution < -0.4 is 25.0 Å². The van der Waals surface area contributed by atoms with Crippen LogP contribution in [0.25, 0.3) is 0 Å². The van der Waals surface area contributed by atoms with Crippen LogP contribution in [0.4, 0.5) is 0 Å². The van der Waals surface area contributed by atoms with E-state index in [0.717, 1.165) is 0 Å². The van der Waals surface area contributed by atoms with Crippen molar-refractivity contribution in [2.24, 2.45) is 5.10 Å². The molecular formula is C17H19N5O3S. The van der Waals surface area contributed by atoms with Gasteiger partial charge in [-0.1, -0.05) is 18.2 Å². The summed E-state index contributed by atoms with van der Waals surface area (Å²) in [5.41, 5.74) is 3.41. The second-order valence-electron chi connectivity index (χ2n) is 4.74. The third-order valence-corrected chi connectivity index (χ3v) is 3.21. The molecule has 0 radical (unpaired) electrons. The number of methoxy groups -OCH3 is 2. The van der Waals surface area contributed by atoms with E-state index >= 15 is 0 Å². The number of hydrogen-bond donors (Lipinski definition) is 2. The average Bonchev–Trinajstić information content (AvgIpc) is 2.67. The molecule has 0 saturated carbocycles. The Balaban J connectivity index is 2.14. The first-order valence-electron chi connectivity index (χ1n) is 7.58. The maximum Gasteiger partial charge on any atom is 0.328 e. The molecule has 26 heavy (non-hydrogen) atoms. The number of ether oxygens (including phenoxy) is 3. The highest BCUT2D eigenvalue weighted by Gasteiger charge is 2.09. The SMILES string of the molecule is C=CCNC(=S)N/N=C/c1ccccc1Oc1nc(OC)cc(OC)n1. The van der Waals surface area contributed by atoms with Crippen LogP contribution in [0.2, 0.25) is 0 Å². The van der Waals surface area contributed by atoms with Crippen molar-refractivity contribution in [3.8, 4) is 23.5 Å². The Morgan fingerprint density at radius 3 is 2.58 bits per heavy atom. The van der Waals surface area contributed by atoms with Gasteiger partial charge in [-0.3, -0.25) is 5.43 Å². The van der Waals surface area contributed by atoms with Crippen molar-refractivity contribution in [1.82, 2.24) is 20.7 Å². The van der Waals surface area contributed by atoms with Crippen LogP contribution in [0.1, 0.15) is 5.56 Å². The Morgan fingerprint density at radius 2 is 1.92 bits per heavy atom.